The minimum Gasteiger partial charge on any atom is -0.481 e. The van der Waals surface area contributed by atoms with E-state index in [1.165, 1.54) is 11.8 Å². The number of aliphatic carboxylic acids is 1. The molecule has 1 N–H and O–H groups in total. The van der Waals surface area contributed by atoms with Crippen LogP contribution >= 0.6 is 11.8 Å². The molecule has 0 saturated carbocycles. The van der Waals surface area contributed by atoms with Gasteiger partial charge < -0.3 is 10.0 Å². The summed E-state index contributed by atoms with van der Waals surface area (Å²) in [5.74, 6) is 0.109. The van der Waals surface area contributed by atoms with Gasteiger partial charge in [-0.05, 0) is 6.92 Å². The Kier molecular flexibility index (Phi) is 6.40. The van der Waals surface area contributed by atoms with Gasteiger partial charge in [-0.1, -0.05) is 0 Å². The molecule has 0 rings (SSSR count). The van der Waals surface area contributed by atoms with Gasteiger partial charge in [0.05, 0.1) is 12.2 Å². The summed E-state index contributed by atoms with van der Waals surface area (Å²) in [5.41, 5.74) is 0. The van der Waals surface area contributed by atoms with Crippen LogP contribution in [0.1, 0.15) is 13.3 Å². The molecule has 13 heavy (non-hydrogen) atoms. The Morgan fingerprint density at radius 2 is 2.08 bits per heavy atom. The topological polar surface area (TPSA) is 57.6 Å². The molecule has 0 heterocycles. The minimum atomic E-state index is -0.816. The molecule has 1 amide bonds. The van der Waals surface area contributed by atoms with Gasteiger partial charge in [0.2, 0.25) is 5.91 Å². The Morgan fingerprint density at radius 3 is 2.54 bits per heavy atom. The van der Waals surface area contributed by atoms with Crippen LogP contribution in [0.3, 0.4) is 0 Å². The van der Waals surface area contributed by atoms with Crippen molar-refractivity contribution in [3.63, 3.8) is 0 Å². The molecule has 76 valence electrons. The maximum absolute atomic E-state index is 11.2. The molecule has 5 heteroatoms. The van der Waals surface area contributed by atoms with E-state index in [-0.39, 0.29) is 12.3 Å². The molecule has 0 aliphatic heterocycles. The van der Waals surface area contributed by atoms with Crippen molar-refractivity contribution in [1.29, 1.82) is 0 Å². The molecule has 0 aromatic rings. The van der Waals surface area contributed by atoms with Crippen LogP contribution in [0.15, 0.2) is 0 Å². The first-order valence-electron chi connectivity index (χ1n) is 4.11. The van der Waals surface area contributed by atoms with Gasteiger partial charge in [-0.3, -0.25) is 9.59 Å². The summed E-state index contributed by atoms with van der Waals surface area (Å²) < 4.78 is 0. The highest BCUT2D eigenvalue weighted by Crippen LogP contribution is 2.03. The van der Waals surface area contributed by atoms with Crippen molar-refractivity contribution < 1.29 is 14.7 Å². The molecule has 0 aromatic heterocycles. The average Bonchev–Trinajstić information content (AvgIpc) is 2.10. The summed E-state index contributed by atoms with van der Waals surface area (Å²) in [6.07, 6.45) is 0.119. The van der Waals surface area contributed by atoms with E-state index in [0.717, 1.165) is 0 Å². The van der Waals surface area contributed by atoms with E-state index in [0.29, 0.717) is 18.1 Å². The van der Waals surface area contributed by atoms with E-state index < -0.39 is 5.97 Å². The number of amides is 1. The molecule has 0 atom stereocenters. The van der Waals surface area contributed by atoms with Crippen molar-refractivity contribution in [2.24, 2.45) is 0 Å². The maximum Gasteiger partial charge on any atom is 0.304 e. The van der Waals surface area contributed by atoms with Crippen LogP contribution in [0.4, 0.5) is 0 Å². The van der Waals surface area contributed by atoms with Crippen LogP contribution in [0.5, 0.6) is 0 Å². The molecule has 0 aliphatic rings. The lowest BCUT2D eigenvalue weighted by molar-refractivity contribution is -0.136. The third-order valence-corrected chi connectivity index (χ3v) is 2.53. The quantitative estimate of drug-likeness (QED) is 0.648. The number of carboxylic acid groups (broad SMARTS) is 1. The molecule has 0 aliphatic carbocycles. The molecule has 0 fully saturated rings. The van der Waals surface area contributed by atoms with Gasteiger partial charge in [-0.25, -0.2) is 0 Å². The van der Waals surface area contributed by atoms with Crippen LogP contribution in [0.25, 0.3) is 0 Å². The average molecular weight is 205 g/mol. The molecule has 0 saturated heterocycles. The van der Waals surface area contributed by atoms with Crippen molar-refractivity contribution >= 4 is 23.6 Å². The molecular weight excluding hydrogens is 190 g/mol. The number of thioether (sulfide) groups is 1. The molecule has 0 spiro atoms. The van der Waals surface area contributed by atoms with Crippen LogP contribution in [-0.2, 0) is 9.59 Å². The first-order valence-corrected chi connectivity index (χ1v) is 5.27. The first kappa shape index (κ1) is 12.3. The van der Waals surface area contributed by atoms with Crippen LogP contribution in [-0.4, -0.2) is 47.0 Å². The lowest BCUT2D eigenvalue weighted by Gasteiger charge is -2.13. The molecule has 0 aromatic carbocycles. The van der Waals surface area contributed by atoms with Gasteiger partial charge in [0.15, 0.2) is 0 Å². The predicted octanol–water partition coefficient (Wildman–Crippen LogP) is 0.673. The van der Waals surface area contributed by atoms with Gasteiger partial charge in [0.25, 0.3) is 0 Å². The van der Waals surface area contributed by atoms with Gasteiger partial charge in [-0.2, -0.15) is 11.8 Å². The zero-order valence-electron chi connectivity index (χ0n) is 7.95. The Bertz CT molecular complexity index is 184. The summed E-state index contributed by atoms with van der Waals surface area (Å²) >= 11 is 1.36. The molecule has 0 radical (unpaired) electrons. The fraction of sp³-hybridized carbons (Fsp3) is 0.750. The molecule has 0 bridgehead atoms. The van der Waals surface area contributed by atoms with E-state index in [1.54, 1.807) is 11.9 Å². The Hall–Kier alpha value is -0.710. The van der Waals surface area contributed by atoms with E-state index >= 15 is 0 Å². The van der Waals surface area contributed by atoms with Gasteiger partial charge in [0, 0.05) is 19.3 Å². The normalized spacial score (nSPS) is 9.69. The number of carbonyl (C=O) groups excluding carboxylic acids is 1. The van der Waals surface area contributed by atoms with Gasteiger partial charge in [0.1, 0.15) is 0 Å². The minimum absolute atomic E-state index is 0.0536. The van der Waals surface area contributed by atoms with Crippen molar-refractivity contribution in [3.8, 4) is 0 Å². The Labute approximate surface area is 82.3 Å². The zero-order chi connectivity index (χ0) is 10.3. The number of carbonyl (C=O) groups is 2. The van der Waals surface area contributed by atoms with Crippen molar-refractivity contribution in [3.05, 3.63) is 0 Å². The van der Waals surface area contributed by atoms with Gasteiger partial charge >= 0.3 is 5.97 Å². The second-order valence-electron chi connectivity index (χ2n) is 2.60. The summed E-state index contributed by atoms with van der Waals surface area (Å²) in [6, 6.07) is 0. The van der Waals surface area contributed by atoms with Crippen LogP contribution in [0.2, 0.25) is 0 Å². The highest BCUT2D eigenvalue weighted by atomic mass is 32.2. The van der Waals surface area contributed by atoms with E-state index in [1.807, 2.05) is 6.92 Å². The fourth-order valence-corrected chi connectivity index (χ4v) is 1.46. The van der Waals surface area contributed by atoms with Crippen LogP contribution < -0.4 is 0 Å². The third-order valence-electron chi connectivity index (χ3n) is 1.59. The third kappa shape index (κ3) is 6.45. The number of hydrogen-bond donors (Lipinski definition) is 1. The smallest absolute Gasteiger partial charge is 0.304 e. The summed E-state index contributed by atoms with van der Waals surface area (Å²) in [7, 11) is 1.74. The number of carboxylic acids is 1. The first-order chi connectivity index (χ1) is 6.07. The summed E-state index contributed by atoms with van der Waals surface area (Å²) in [6.45, 7) is 2.60. The zero-order valence-corrected chi connectivity index (χ0v) is 8.76. The molecule has 4 nitrogen and oxygen atoms in total. The van der Waals surface area contributed by atoms with Crippen molar-refractivity contribution in [2.45, 2.75) is 13.3 Å². The molecular formula is C8H15NO3S. The number of nitrogens with zero attached hydrogens (tertiary/aromatic N) is 1. The van der Waals surface area contributed by atoms with Gasteiger partial charge in [-0.15, -0.1) is 0 Å². The Morgan fingerprint density at radius 1 is 1.46 bits per heavy atom. The van der Waals surface area contributed by atoms with E-state index in [4.69, 9.17) is 5.11 Å². The Balaban J connectivity index is 3.42. The SMILES string of the molecule is CCN(C)C(=O)CSCCC(=O)O. The monoisotopic (exact) mass is 205 g/mol. The standard InChI is InChI=1S/C8H15NO3S/c1-3-9(2)7(10)6-13-5-4-8(11)12/h3-6H2,1-2H3,(H,11,12). The lowest BCUT2D eigenvalue weighted by Crippen LogP contribution is -2.27. The van der Waals surface area contributed by atoms with Crippen molar-refractivity contribution in [1.82, 2.24) is 4.90 Å². The maximum atomic E-state index is 11.2. The van der Waals surface area contributed by atoms with Crippen molar-refractivity contribution in [2.75, 3.05) is 25.1 Å². The number of rotatable bonds is 6. The predicted molar refractivity (Wildman–Crippen MR) is 52.9 cm³/mol. The summed E-state index contributed by atoms with van der Waals surface area (Å²) in [5, 5.41) is 8.33. The van der Waals surface area contributed by atoms with E-state index in [9.17, 15) is 9.59 Å². The highest BCUT2D eigenvalue weighted by Gasteiger charge is 2.06. The second-order valence-corrected chi connectivity index (χ2v) is 3.71. The lowest BCUT2D eigenvalue weighted by atomic mass is 10.5. The largest absolute Gasteiger partial charge is 0.481 e. The number of hydrogen-bond acceptors (Lipinski definition) is 3. The fourth-order valence-electron chi connectivity index (χ4n) is 0.606. The van der Waals surface area contributed by atoms with Crippen LogP contribution in [0, 0.1) is 0 Å². The highest BCUT2D eigenvalue weighted by molar-refractivity contribution is 7.99. The second kappa shape index (κ2) is 6.77. The summed E-state index contributed by atoms with van der Waals surface area (Å²) in [4.78, 5) is 22.9. The van der Waals surface area contributed by atoms with E-state index in [2.05, 4.69) is 0 Å². The molecule has 0 unspecified atom stereocenters.